The second-order valence-electron chi connectivity index (χ2n) is 5.96. The van der Waals surface area contributed by atoms with E-state index >= 15 is 0 Å². The Hall–Kier alpha value is -1.99. The third kappa shape index (κ3) is 6.27. The first-order valence-corrected chi connectivity index (χ1v) is 11.7. The van der Waals surface area contributed by atoms with E-state index in [9.17, 15) is 8.42 Å². The molecule has 0 saturated heterocycles. The lowest BCUT2D eigenvalue weighted by Gasteiger charge is -2.09. The molecule has 0 unspecified atom stereocenters. The van der Waals surface area contributed by atoms with Crippen molar-refractivity contribution in [2.75, 3.05) is 12.3 Å². The van der Waals surface area contributed by atoms with Crippen molar-refractivity contribution < 1.29 is 13.2 Å². The molecule has 7 heteroatoms. The predicted molar refractivity (Wildman–Crippen MR) is 116 cm³/mol. The summed E-state index contributed by atoms with van der Waals surface area (Å²) in [5.74, 6) is 2.78. The second-order valence-corrected chi connectivity index (χ2v) is 9.27. The monoisotopic (exact) mass is 433 g/mol. The van der Waals surface area contributed by atoms with Crippen molar-refractivity contribution in [1.82, 2.24) is 4.72 Å². The Kier molecular flexibility index (Phi) is 7.39. The summed E-state index contributed by atoms with van der Waals surface area (Å²) < 4.78 is 33.1. The second kappa shape index (κ2) is 9.98. The molecule has 146 valence electrons. The van der Waals surface area contributed by atoms with E-state index in [1.54, 1.807) is 36.0 Å². The van der Waals surface area contributed by atoms with E-state index in [0.717, 1.165) is 11.3 Å². The van der Waals surface area contributed by atoms with Crippen LogP contribution in [-0.4, -0.2) is 20.7 Å². The summed E-state index contributed by atoms with van der Waals surface area (Å²) >= 11 is 7.52. The third-order valence-electron chi connectivity index (χ3n) is 3.83. The highest BCUT2D eigenvalue weighted by Crippen LogP contribution is 2.22. The van der Waals surface area contributed by atoms with Gasteiger partial charge in [0.2, 0.25) is 10.0 Å². The Bertz CT molecular complexity index is 976. The molecule has 0 saturated carbocycles. The van der Waals surface area contributed by atoms with Crippen LogP contribution >= 0.6 is 23.4 Å². The standard InChI is InChI=1S/C21H20ClNO3S2/c22-18-8-6-17(7-9-18)16-27-15-14-23-28(24,25)21-12-10-20(11-13-21)26-19-4-2-1-3-5-19/h1-13,23H,14-16H2. The van der Waals surface area contributed by atoms with E-state index in [2.05, 4.69) is 4.72 Å². The lowest BCUT2D eigenvalue weighted by Crippen LogP contribution is -2.26. The number of benzene rings is 3. The van der Waals surface area contributed by atoms with Gasteiger partial charge in [0.1, 0.15) is 11.5 Å². The maximum absolute atomic E-state index is 12.4. The number of thioether (sulfide) groups is 1. The average molecular weight is 434 g/mol. The largest absolute Gasteiger partial charge is 0.457 e. The predicted octanol–water partition coefficient (Wildman–Crippen LogP) is 5.34. The van der Waals surface area contributed by atoms with Gasteiger partial charge in [0, 0.05) is 23.1 Å². The molecule has 3 aromatic rings. The molecule has 0 aliphatic rings. The van der Waals surface area contributed by atoms with Gasteiger partial charge in [-0.15, -0.1) is 0 Å². The molecule has 0 amide bonds. The highest BCUT2D eigenvalue weighted by atomic mass is 35.5. The lowest BCUT2D eigenvalue weighted by molar-refractivity contribution is 0.482. The van der Waals surface area contributed by atoms with E-state index in [1.807, 2.05) is 54.6 Å². The zero-order valence-electron chi connectivity index (χ0n) is 15.0. The average Bonchev–Trinajstić information content (AvgIpc) is 2.70. The van der Waals surface area contributed by atoms with Crippen LogP contribution in [0.3, 0.4) is 0 Å². The molecule has 0 bridgehead atoms. The van der Waals surface area contributed by atoms with Crippen molar-refractivity contribution in [1.29, 1.82) is 0 Å². The van der Waals surface area contributed by atoms with Crippen molar-refractivity contribution in [2.24, 2.45) is 0 Å². The maximum Gasteiger partial charge on any atom is 0.240 e. The third-order valence-corrected chi connectivity index (χ3v) is 6.59. The zero-order valence-corrected chi connectivity index (χ0v) is 17.4. The number of rotatable bonds is 9. The van der Waals surface area contributed by atoms with Crippen LogP contribution in [0.2, 0.25) is 5.02 Å². The molecule has 3 aromatic carbocycles. The van der Waals surface area contributed by atoms with Crippen LogP contribution in [0.5, 0.6) is 11.5 Å². The number of hydrogen-bond acceptors (Lipinski definition) is 4. The Morgan fingerprint density at radius 3 is 2.18 bits per heavy atom. The number of para-hydroxylation sites is 1. The lowest BCUT2D eigenvalue weighted by atomic mass is 10.2. The highest BCUT2D eigenvalue weighted by molar-refractivity contribution is 7.98. The highest BCUT2D eigenvalue weighted by Gasteiger charge is 2.13. The molecule has 1 N–H and O–H groups in total. The number of hydrogen-bond donors (Lipinski definition) is 1. The SMILES string of the molecule is O=S(=O)(NCCSCc1ccc(Cl)cc1)c1ccc(Oc2ccccc2)cc1. The Morgan fingerprint density at radius 2 is 1.50 bits per heavy atom. The topological polar surface area (TPSA) is 55.4 Å². The Labute approximate surface area is 174 Å². The summed E-state index contributed by atoms with van der Waals surface area (Å²) in [6.45, 7) is 0.364. The van der Waals surface area contributed by atoms with Gasteiger partial charge in [0.25, 0.3) is 0 Å². The fraction of sp³-hybridized carbons (Fsp3) is 0.143. The summed E-state index contributed by atoms with van der Waals surface area (Å²) in [6.07, 6.45) is 0. The summed E-state index contributed by atoms with van der Waals surface area (Å²) in [5, 5.41) is 0.710. The molecule has 4 nitrogen and oxygen atoms in total. The molecular weight excluding hydrogens is 414 g/mol. The minimum absolute atomic E-state index is 0.218. The van der Waals surface area contributed by atoms with Crippen molar-refractivity contribution in [3.63, 3.8) is 0 Å². The fourth-order valence-corrected chi connectivity index (χ4v) is 4.52. The number of halogens is 1. The van der Waals surface area contributed by atoms with Crippen LogP contribution in [0.25, 0.3) is 0 Å². The van der Waals surface area contributed by atoms with Gasteiger partial charge in [-0.2, -0.15) is 11.8 Å². The van der Waals surface area contributed by atoms with Crippen molar-refractivity contribution >= 4 is 33.4 Å². The first kappa shape index (κ1) is 20.7. The molecule has 3 rings (SSSR count). The summed E-state index contributed by atoms with van der Waals surface area (Å²) in [7, 11) is -3.54. The first-order chi connectivity index (χ1) is 13.5. The van der Waals surface area contributed by atoms with Gasteiger partial charge in [-0.1, -0.05) is 41.9 Å². The van der Waals surface area contributed by atoms with E-state index < -0.39 is 10.0 Å². The van der Waals surface area contributed by atoms with Gasteiger partial charge >= 0.3 is 0 Å². The summed E-state index contributed by atoms with van der Waals surface area (Å²) in [4.78, 5) is 0.218. The van der Waals surface area contributed by atoms with Gasteiger partial charge in [-0.25, -0.2) is 13.1 Å². The molecule has 0 atom stereocenters. The zero-order chi connectivity index (χ0) is 19.8. The molecule has 28 heavy (non-hydrogen) atoms. The molecule has 0 heterocycles. The number of nitrogens with one attached hydrogen (secondary N) is 1. The van der Waals surface area contributed by atoms with Crippen LogP contribution < -0.4 is 9.46 Å². The number of ether oxygens (including phenoxy) is 1. The van der Waals surface area contributed by atoms with E-state index in [-0.39, 0.29) is 4.90 Å². The van der Waals surface area contributed by atoms with Crippen molar-refractivity contribution in [2.45, 2.75) is 10.6 Å². The van der Waals surface area contributed by atoms with Crippen LogP contribution in [0, 0.1) is 0 Å². The van der Waals surface area contributed by atoms with Crippen LogP contribution in [-0.2, 0) is 15.8 Å². The smallest absolute Gasteiger partial charge is 0.240 e. The molecule has 0 radical (unpaired) electrons. The normalized spacial score (nSPS) is 11.3. The van der Waals surface area contributed by atoms with Crippen LogP contribution in [0.4, 0.5) is 0 Å². The van der Waals surface area contributed by atoms with Crippen LogP contribution in [0.1, 0.15) is 5.56 Å². The van der Waals surface area contributed by atoms with Gasteiger partial charge in [0.15, 0.2) is 0 Å². The molecule has 0 spiro atoms. The fourth-order valence-electron chi connectivity index (χ4n) is 2.41. The first-order valence-electron chi connectivity index (χ1n) is 8.68. The Balaban J connectivity index is 1.46. The molecule has 0 aromatic heterocycles. The van der Waals surface area contributed by atoms with E-state index in [4.69, 9.17) is 16.3 Å². The van der Waals surface area contributed by atoms with Gasteiger partial charge in [-0.3, -0.25) is 0 Å². The van der Waals surface area contributed by atoms with Crippen LogP contribution in [0.15, 0.2) is 83.8 Å². The minimum atomic E-state index is -3.54. The molecule has 0 fully saturated rings. The molecule has 0 aliphatic carbocycles. The van der Waals surface area contributed by atoms with Crippen molar-refractivity contribution in [3.8, 4) is 11.5 Å². The van der Waals surface area contributed by atoms with Gasteiger partial charge < -0.3 is 4.74 Å². The van der Waals surface area contributed by atoms with E-state index in [0.29, 0.717) is 28.8 Å². The van der Waals surface area contributed by atoms with Gasteiger partial charge in [0.05, 0.1) is 4.90 Å². The summed E-state index contributed by atoms with van der Waals surface area (Å²) in [6, 6.07) is 23.4. The molecular formula is C21H20ClNO3S2. The Morgan fingerprint density at radius 1 is 0.857 bits per heavy atom. The van der Waals surface area contributed by atoms with Crippen molar-refractivity contribution in [3.05, 3.63) is 89.4 Å². The number of sulfonamides is 1. The minimum Gasteiger partial charge on any atom is -0.457 e. The van der Waals surface area contributed by atoms with E-state index in [1.165, 1.54) is 0 Å². The van der Waals surface area contributed by atoms with Gasteiger partial charge in [-0.05, 0) is 54.1 Å². The maximum atomic E-state index is 12.4. The quantitative estimate of drug-likeness (QED) is 0.462. The molecule has 0 aliphatic heterocycles. The summed E-state index contributed by atoms with van der Waals surface area (Å²) in [5.41, 5.74) is 1.16.